The summed E-state index contributed by atoms with van der Waals surface area (Å²) in [5.41, 5.74) is 0. The van der Waals surface area contributed by atoms with Gasteiger partial charge in [-0.25, -0.2) is 0 Å². The molecule has 0 spiro atoms. The molecule has 3 heteroatoms. The number of rotatable bonds is 4. The zero-order chi connectivity index (χ0) is 10.3. The molecule has 0 N–H and O–H groups in total. The van der Waals surface area contributed by atoms with Crippen molar-refractivity contribution in [2.24, 2.45) is 0 Å². The van der Waals surface area contributed by atoms with Gasteiger partial charge in [-0.3, -0.25) is 0 Å². The van der Waals surface area contributed by atoms with Crippen LogP contribution in [-0.2, 0) is 0 Å². The van der Waals surface area contributed by atoms with E-state index in [1.807, 2.05) is 17.9 Å². The topological polar surface area (TPSA) is 0 Å². The van der Waals surface area contributed by atoms with Gasteiger partial charge >= 0.3 is 107 Å². The van der Waals surface area contributed by atoms with E-state index in [0.29, 0.717) is 0 Å². The van der Waals surface area contributed by atoms with Gasteiger partial charge in [0, 0.05) is 0 Å². The Morgan fingerprint density at radius 1 is 0.600 bits per heavy atom. The first-order valence-electron chi connectivity index (χ1n) is 4.64. The van der Waals surface area contributed by atoms with Crippen molar-refractivity contribution in [1.29, 1.82) is 0 Å². The van der Waals surface area contributed by atoms with Gasteiger partial charge in [-0.15, -0.1) is 0 Å². The molecule has 0 aliphatic heterocycles. The molecule has 2 aromatic carbocycles. The van der Waals surface area contributed by atoms with Crippen LogP contribution in [0.4, 0.5) is 0 Å². The average molecular weight is 337 g/mol. The second-order valence-corrected chi connectivity index (χ2v) is 12.7. The van der Waals surface area contributed by atoms with Gasteiger partial charge in [0.15, 0.2) is 0 Å². The van der Waals surface area contributed by atoms with E-state index in [0.717, 1.165) is 0 Å². The van der Waals surface area contributed by atoms with E-state index in [4.69, 9.17) is 0 Å². The van der Waals surface area contributed by atoms with E-state index < -0.39 is 18.4 Å². The summed E-state index contributed by atoms with van der Waals surface area (Å²) in [4.78, 5) is 2.82. The maximum absolute atomic E-state index is 2.19. The molecule has 0 bridgehead atoms. The quantitative estimate of drug-likeness (QED) is 0.771. The first kappa shape index (κ1) is 11.4. The Hall–Kier alpha value is -0.0613. The van der Waals surface area contributed by atoms with Crippen molar-refractivity contribution in [3.05, 3.63) is 60.7 Å². The normalized spacial score (nSPS) is 9.60. The molecule has 72 valence electrons. The molecular weight excluding hydrogens is 327 g/mol. The monoisotopic (exact) mass is 338 g/mol. The summed E-state index contributed by atoms with van der Waals surface area (Å²) in [7, 11) is 4.10. The molecule has 0 unspecified atom stereocenters. The van der Waals surface area contributed by atoms with Gasteiger partial charge in [0.2, 0.25) is 0 Å². The van der Waals surface area contributed by atoms with Crippen molar-refractivity contribution in [2.75, 3.05) is 0 Å². The Balaban J connectivity index is 1.81. The molecule has 2 rings (SSSR count). The third-order valence-corrected chi connectivity index (χ3v) is 11.8. The Labute approximate surface area is 106 Å². The molecule has 0 radical (unpaired) electrons. The van der Waals surface area contributed by atoms with Crippen LogP contribution in [0, 0.1) is 0 Å². The zero-order valence-electron chi connectivity index (χ0n) is 8.09. The van der Waals surface area contributed by atoms with Gasteiger partial charge in [0.1, 0.15) is 0 Å². The first-order valence-corrected chi connectivity index (χ1v) is 13.3. The molecule has 0 amide bonds. The number of benzene rings is 2. The SMILES string of the molecule is c1ccc([S][Sn+2][S]c2ccccc2)cc1. The maximum atomic E-state index is 2.19. The summed E-state index contributed by atoms with van der Waals surface area (Å²) in [5.74, 6) is 0. The summed E-state index contributed by atoms with van der Waals surface area (Å²) < 4.78 is 0. The second kappa shape index (κ2) is 6.51. The molecule has 0 aromatic heterocycles. The van der Waals surface area contributed by atoms with Crippen molar-refractivity contribution >= 4 is 36.3 Å². The van der Waals surface area contributed by atoms with Crippen LogP contribution in [-0.4, -0.2) is 18.4 Å². The molecule has 15 heavy (non-hydrogen) atoms. The van der Waals surface area contributed by atoms with Crippen LogP contribution in [0.2, 0.25) is 0 Å². The van der Waals surface area contributed by atoms with Crippen LogP contribution < -0.4 is 0 Å². The van der Waals surface area contributed by atoms with Crippen molar-refractivity contribution in [3.63, 3.8) is 0 Å². The summed E-state index contributed by atoms with van der Waals surface area (Å²) in [6.45, 7) is 0. The van der Waals surface area contributed by atoms with Crippen LogP contribution in [0.1, 0.15) is 0 Å². The van der Waals surface area contributed by atoms with Gasteiger partial charge in [-0.1, -0.05) is 0 Å². The van der Waals surface area contributed by atoms with Crippen LogP contribution in [0.5, 0.6) is 0 Å². The molecule has 0 saturated heterocycles. The summed E-state index contributed by atoms with van der Waals surface area (Å²) >= 11 is -0.424. The third kappa shape index (κ3) is 4.13. The van der Waals surface area contributed by atoms with Crippen molar-refractivity contribution in [2.45, 2.75) is 9.79 Å². The van der Waals surface area contributed by atoms with Gasteiger partial charge in [-0.2, -0.15) is 0 Å². The Morgan fingerprint density at radius 2 is 1.00 bits per heavy atom. The summed E-state index contributed by atoms with van der Waals surface area (Å²) in [6.07, 6.45) is 0. The fraction of sp³-hybridized carbons (Fsp3) is 0. The number of hydrogen-bond donors (Lipinski definition) is 0. The van der Waals surface area contributed by atoms with Crippen molar-refractivity contribution < 1.29 is 0 Å². The van der Waals surface area contributed by atoms with E-state index >= 15 is 0 Å². The Morgan fingerprint density at radius 3 is 1.40 bits per heavy atom. The fourth-order valence-corrected chi connectivity index (χ4v) is 11.0. The molecule has 0 nitrogen and oxygen atoms in total. The molecule has 0 atom stereocenters. The van der Waals surface area contributed by atoms with Crippen LogP contribution >= 0.6 is 17.9 Å². The Bertz CT molecular complexity index is 349. The molecule has 0 aliphatic rings. The predicted molar refractivity (Wildman–Crippen MR) is 70.4 cm³/mol. The van der Waals surface area contributed by atoms with Crippen molar-refractivity contribution in [3.8, 4) is 0 Å². The van der Waals surface area contributed by atoms with Gasteiger partial charge in [0.05, 0.1) is 0 Å². The van der Waals surface area contributed by atoms with E-state index in [-0.39, 0.29) is 0 Å². The molecule has 0 heterocycles. The third-order valence-electron chi connectivity index (χ3n) is 1.81. The van der Waals surface area contributed by atoms with Crippen LogP contribution in [0.15, 0.2) is 70.5 Å². The zero-order valence-corrected chi connectivity index (χ0v) is 12.6. The second-order valence-electron chi connectivity index (χ2n) is 2.91. The van der Waals surface area contributed by atoms with Gasteiger partial charge < -0.3 is 0 Å². The minimum atomic E-state index is -0.424. The van der Waals surface area contributed by atoms with E-state index in [9.17, 15) is 0 Å². The molecular formula is C12H10S2Sn+2. The van der Waals surface area contributed by atoms with E-state index in [1.165, 1.54) is 9.79 Å². The molecule has 2 aromatic rings. The van der Waals surface area contributed by atoms with Crippen LogP contribution in [0.3, 0.4) is 0 Å². The number of hydrogen-bond acceptors (Lipinski definition) is 2. The standard InChI is InChI=1S/2C6H6S.Sn/c2*7-6-4-2-1-3-5-6;/h2*1-5,7H;/q;;+4/p-2. The molecule has 0 saturated carbocycles. The molecule has 0 fully saturated rings. The van der Waals surface area contributed by atoms with Gasteiger partial charge in [0.25, 0.3) is 0 Å². The fourth-order valence-electron chi connectivity index (χ4n) is 1.09. The first-order chi connectivity index (χ1) is 7.45. The minimum absolute atomic E-state index is 0.424. The van der Waals surface area contributed by atoms with E-state index in [2.05, 4.69) is 60.7 Å². The van der Waals surface area contributed by atoms with Crippen molar-refractivity contribution in [1.82, 2.24) is 0 Å². The average Bonchev–Trinajstić information content (AvgIpc) is 2.32. The summed E-state index contributed by atoms with van der Waals surface area (Å²) in [6, 6.07) is 21.3. The summed E-state index contributed by atoms with van der Waals surface area (Å²) in [5, 5.41) is 0. The van der Waals surface area contributed by atoms with Gasteiger partial charge in [-0.05, 0) is 0 Å². The predicted octanol–water partition coefficient (Wildman–Crippen LogP) is 4.11. The molecule has 0 aliphatic carbocycles. The van der Waals surface area contributed by atoms with Crippen LogP contribution in [0.25, 0.3) is 0 Å². The van der Waals surface area contributed by atoms with E-state index in [1.54, 1.807) is 0 Å². The Kier molecular flexibility index (Phi) is 4.96.